The fraction of sp³-hybridized carbons (Fsp3) is 0.250. The van der Waals surface area contributed by atoms with E-state index >= 15 is 0 Å². The van der Waals surface area contributed by atoms with Gasteiger partial charge in [-0.3, -0.25) is 9.10 Å². The van der Waals surface area contributed by atoms with Crippen molar-refractivity contribution in [2.45, 2.75) is 13.8 Å². The van der Waals surface area contributed by atoms with Gasteiger partial charge in [0.2, 0.25) is 10.0 Å². The molecule has 0 fully saturated rings. The monoisotopic (exact) mass is 399 g/mol. The first kappa shape index (κ1) is 19.4. The molecule has 1 heterocycles. The van der Waals surface area contributed by atoms with Gasteiger partial charge in [0.15, 0.2) is 0 Å². The molecule has 0 unspecified atom stereocenters. The molecule has 1 aromatic carbocycles. The summed E-state index contributed by atoms with van der Waals surface area (Å²) in [6.45, 7) is 3.08. The summed E-state index contributed by atoms with van der Waals surface area (Å²) in [5.74, 6) is -0.541. The Kier molecular flexibility index (Phi) is 6.21. The standard InChI is InChI=1S/C16H18ClN3O3S2/c1-11-13(17)6-4-7-14(11)20(25(3,22)23)10-16(21)19-18-12(2)15-8-5-9-24-15/h4-9H,10H2,1-3H3,(H,19,21)/b18-12-. The van der Waals surface area contributed by atoms with Gasteiger partial charge >= 0.3 is 0 Å². The summed E-state index contributed by atoms with van der Waals surface area (Å²) in [5.41, 5.74) is 3.99. The highest BCUT2D eigenvalue weighted by atomic mass is 35.5. The van der Waals surface area contributed by atoms with Crippen LogP contribution in [0, 0.1) is 6.92 Å². The molecule has 2 rings (SSSR count). The normalized spacial score (nSPS) is 12.1. The van der Waals surface area contributed by atoms with Crippen LogP contribution < -0.4 is 9.73 Å². The molecule has 2 aromatic rings. The number of hydrazone groups is 1. The summed E-state index contributed by atoms with van der Waals surface area (Å²) in [4.78, 5) is 13.1. The summed E-state index contributed by atoms with van der Waals surface area (Å²) in [5, 5.41) is 6.35. The molecule has 0 atom stereocenters. The van der Waals surface area contributed by atoms with Crippen molar-refractivity contribution >= 4 is 50.3 Å². The smallest absolute Gasteiger partial charge is 0.260 e. The highest BCUT2D eigenvalue weighted by Crippen LogP contribution is 2.27. The van der Waals surface area contributed by atoms with Crippen LogP contribution in [0.4, 0.5) is 5.69 Å². The molecule has 0 aliphatic heterocycles. The first-order chi connectivity index (χ1) is 11.7. The van der Waals surface area contributed by atoms with Gasteiger partial charge in [0.05, 0.1) is 17.7 Å². The third-order valence-corrected chi connectivity index (χ3v) is 5.94. The maximum Gasteiger partial charge on any atom is 0.260 e. The molecule has 0 spiro atoms. The first-order valence-corrected chi connectivity index (χ1v) is 10.4. The molecular weight excluding hydrogens is 382 g/mol. The predicted molar refractivity (Wildman–Crippen MR) is 103 cm³/mol. The average molecular weight is 400 g/mol. The molecule has 134 valence electrons. The second kappa shape index (κ2) is 7.99. The van der Waals surface area contributed by atoms with Crippen LogP contribution in [0.25, 0.3) is 0 Å². The number of carbonyl (C=O) groups is 1. The van der Waals surface area contributed by atoms with Crippen molar-refractivity contribution in [1.82, 2.24) is 5.43 Å². The molecule has 0 saturated heterocycles. The topological polar surface area (TPSA) is 78.8 Å². The molecule has 1 amide bonds. The van der Waals surface area contributed by atoms with E-state index in [0.717, 1.165) is 15.4 Å². The largest absolute Gasteiger partial charge is 0.271 e. The summed E-state index contributed by atoms with van der Waals surface area (Å²) < 4.78 is 25.3. The van der Waals surface area contributed by atoms with Crippen LogP contribution in [0.1, 0.15) is 17.4 Å². The van der Waals surface area contributed by atoms with E-state index in [0.29, 0.717) is 22.0 Å². The minimum atomic E-state index is -3.67. The van der Waals surface area contributed by atoms with Crippen LogP contribution in [-0.4, -0.2) is 32.8 Å². The van der Waals surface area contributed by atoms with Crippen LogP contribution >= 0.6 is 22.9 Å². The summed E-state index contributed by atoms with van der Waals surface area (Å²) in [6, 6.07) is 8.67. The highest BCUT2D eigenvalue weighted by Gasteiger charge is 2.23. The Morgan fingerprint density at radius 3 is 2.64 bits per heavy atom. The zero-order valence-electron chi connectivity index (χ0n) is 14.0. The van der Waals surface area contributed by atoms with Crippen LogP contribution in [-0.2, 0) is 14.8 Å². The third kappa shape index (κ3) is 5.04. The highest BCUT2D eigenvalue weighted by molar-refractivity contribution is 7.92. The molecule has 0 aliphatic carbocycles. The van der Waals surface area contributed by atoms with Crippen molar-refractivity contribution in [2.24, 2.45) is 5.10 Å². The van der Waals surface area contributed by atoms with Crippen molar-refractivity contribution in [1.29, 1.82) is 0 Å². The second-order valence-corrected chi connectivity index (χ2v) is 8.62. The van der Waals surface area contributed by atoms with Crippen LogP contribution in [0.15, 0.2) is 40.8 Å². The van der Waals surface area contributed by atoms with E-state index in [-0.39, 0.29) is 6.54 Å². The van der Waals surface area contributed by atoms with Gasteiger partial charge in [-0.15, -0.1) is 11.3 Å². The SMILES string of the molecule is C/C(=N/NC(=O)CN(c1cccc(Cl)c1C)S(C)(=O)=O)c1cccs1. The predicted octanol–water partition coefficient (Wildman–Crippen LogP) is 3.02. The van der Waals surface area contributed by atoms with Gasteiger partial charge in [-0.2, -0.15) is 5.10 Å². The lowest BCUT2D eigenvalue weighted by molar-refractivity contribution is -0.119. The number of sulfonamides is 1. The van der Waals surface area contributed by atoms with Crippen LogP contribution in [0.5, 0.6) is 0 Å². The number of hydrogen-bond donors (Lipinski definition) is 1. The minimum Gasteiger partial charge on any atom is -0.271 e. The Morgan fingerprint density at radius 1 is 1.32 bits per heavy atom. The number of anilines is 1. The summed E-state index contributed by atoms with van der Waals surface area (Å²) in [6.07, 6.45) is 1.04. The van der Waals surface area contributed by atoms with Gasteiger partial charge in [0.25, 0.3) is 5.91 Å². The number of halogens is 1. The summed E-state index contributed by atoms with van der Waals surface area (Å²) in [7, 11) is -3.67. The molecule has 0 bridgehead atoms. The van der Waals surface area contributed by atoms with Crippen LogP contribution in [0.3, 0.4) is 0 Å². The van der Waals surface area contributed by atoms with Crippen molar-refractivity contribution < 1.29 is 13.2 Å². The Bertz CT molecular complexity index is 893. The van der Waals surface area contributed by atoms with E-state index in [9.17, 15) is 13.2 Å². The average Bonchev–Trinajstić information content (AvgIpc) is 3.07. The fourth-order valence-electron chi connectivity index (χ4n) is 2.10. The molecule has 0 aliphatic rings. The lowest BCUT2D eigenvalue weighted by Crippen LogP contribution is -2.39. The Hall–Kier alpha value is -1.90. The van der Waals surface area contributed by atoms with Gasteiger partial charge in [-0.25, -0.2) is 13.8 Å². The fourth-order valence-corrected chi connectivity index (χ4v) is 3.85. The molecule has 0 saturated carbocycles. The maximum atomic E-state index is 12.2. The van der Waals surface area contributed by atoms with E-state index in [1.54, 1.807) is 32.0 Å². The molecule has 1 N–H and O–H groups in total. The van der Waals surface area contributed by atoms with Gasteiger partial charge in [0, 0.05) is 9.90 Å². The molecule has 25 heavy (non-hydrogen) atoms. The quantitative estimate of drug-likeness (QED) is 0.599. The van der Waals surface area contributed by atoms with Crippen molar-refractivity contribution in [3.8, 4) is 0 Å². The Morgan fingerprint density at radius 2 is 2.04 bits per heavy atom. The van der Waals surface area contributed by atoms with E-state index in [1.165, 1.54) is 11.3 Å². The zero-order valence-corrected chi connectivity index (χ0v) is 16.4. The number of hydrogen-bond acceptors (Lipinski definition) is 5. The van der Waals surface area contributed by atoms with Crippen molar-refractivity contribution in [3.63, 3.8) is 0 Å². The van der Waals surface area contributed by atoms with Gasteiger partial charge in [-0.1, -0.05) is 23.7 Å². The van der Waals surface area contributed by atoms with E-state index < -0.39 is 15.9 Å². The number of nitrogens with zero attached hydrogens (tertiary/aromatic N) is 2. The van der Waals surface area contributed by atoms with E-state index in [2.05, 4.69) is 10.5 Å². The van der Waals surface area contributed by atoms with Gasteiger partial charge < -0.3 is 0 Å². The molecule has 0 radical (unpaired) electrons. The first-order valence-electron chi connectivity index (χ1n) is 7.30. The number of rotatable bonds is 6. The number of nitrogens with one attached hydrogen (secondary N) is 1. The van der Waals surface area contributed by atoms with Crippen molar-refractivity contribution in [3.05, 3.63) is 51.2 Å². The number of carbonyl (C=O) groups excluding carboxylic acids is 1. The lowest BCUT2D eigenvalue weighted by Gasteiger charge is -2.23. The second-order valence-electron chi connectivity index (χ2n) is 5.36. The van der Waals surface area contributed by atoms with Crippen molar-refractivity contribution in [2.75, 3.05) is 17.1 Å². The Balaban J connectivity index is 2.19. The van der Waals surface area contributed by atoms with E-state index in [4.69, 9.17) is 11.6 Å². The minimum absolute atomic E-state index is 0.365. The third-order valence-electron chi connectivity index (χ3n) is 3.42. The number of amides is 1. The molecule has 9 heteroatoms. The van der Waals surface area contributed by atoms with E-state index in [1.807, 2.05) is 17.5 Å². The lowest BCUT2D eigenvalue weighted by atomic mass is 10.2. The van der Waals surface area contributed by atoms with Crippen LogP contribution in [0.2, 0.25) is 5.02 Å². The Labute approximate surface area is 156 Å². The summed E-state index contributed by atoms with van der Waals surface area (Å²) >= 11 is 7.56. The number of thiophene rings is 1. The molecule has 1 aromatic heterocycles. The maximum absolute atomic E-state index is 12.2. The zero-order chi connectivity index (χ0) is 18.6. The molecule has 6 nitrogen and oxygen atoms in total. The molecular formula is C16H18ClN3O3S2. The number of benzene rings is 1. The van der Waals surface area contributed by atoms with Gasteiger partial charge in [0.1, 0.15) is 6.54 Å². The van der Waals surface area contributed by atoms with Gasteiger partial charge in [-0.05, 0) is 43.0 Å².